The fraction of sp³-hybridized carbons (Fsp3) is 0.0588. The summed E-state index contributed by atoms with van der Waals surface area (Å²) in [4.78, 5) is 4.55. The van der Waals surface area contributed by atoms with Gasteiger partial charge in [-0.05, 0) is 19.1 Å². The van der Waals surface area contributed by atoms with E-state index in [-0.39, 0.29) is 0 Å². The summed E-state index contributed by atoms with van der Waals surface area (Å²) in [6.07, 6.45) is 3.29. The van der Waals surface area contributed by atoms with Crippen LogP contribution in [-0.2, 0) is 0 Å². The van der Waals surface area contributed by atoms with Crippen molar-refractivity contribution in [1.29, 1.82) is 5.26 Å². The molecule has 0 aliphatic carbocycles. The van der Waals surface area contributed by atoms with Gasteiger partial charge in [-0.1, -0.05) is 29.8 Å². The van der Waals surface area contributed by atoms with Gasteiger partial charge in [0, 0.05) is 17.0 Å². The molecule has 0 N–H and O–H groups in total. The molecule has 3 aromatic rings. The van der Waals surface area contributed by atoms with Crippen molar-refractivity contribution in [2.45, 2.75) is 6.92 Å². The fourth-order valence-corrected chi connectivity index (χ4v) is 2.71. The Morgan fingerprint density at radius 3 is 2.76 bits per heavy atom. The monoisotopic (exact) mass is 292 g/mol. The second-order valence-corrected chi connectivity index (χ2v) is 5.45. The van der Waals surface area contributed by atoms with Crippen molar-refractivity contribution in [1.82, 2.24) is 4.98 Å². The van der Waals surface area contributed by atoms with Gasteiger partial charge < -0.3 is 4.42 Å². The molecule has 3 nitrogen and oxygen atoms in total. The van der Waals surface area contributed by atoms with Crippen LogP contribution in [0.2, 0.25) is 0 Å². The molecule has 3 rings (SSSR count). The Bertz CT molecular complexity index is 805. The highest BCUT2D eigenvalue weighted by molar-refractivity contribution is 7.11. The molecule has 0 amide bonds. The zero-order valence-electron chi connectivity index (χ0n) is 11.4. The molecular formula is C17H12N2OS. The molecule has 2 aromatic heterocycles. The van der Waals surface area contributed by atoms with Crippen molar-refractivity contribution in [3.8, 4) is 17.3 Å². The van der Waals surface area contributed by atoms with Gasteiger partial charge in [0.05, 0.1) is 17.5 Å². The van der Waals surface area contributed by atoms with Crippen LogP contribution in [0, 0.1) is 18.3 Å². The number of thiazole rings is 1. The molecule has 0 radical (unpaired) electrons. The Morgan fingerprint density at radius 2 is 2.10 bits per heavy atom. The number of nitriles is 1. The molecule has 1 aromatic carbocycles. The van der Waals surface area contributed by atoms with Crippen molar-refractivity contribution >= 4 is 23.0 Å². The van der Waals surface area contributed by atoms with Gasteiger partial charge in [0.15, 0.2) is 0 Å². The number of aromatic nitrogens is 1. The smallest absolute Gasteiger partial charge is 0.134 e. The summed E-state index contributed by atoms with van der Waals surface area (Å²) in [5.74, 6) is 0.652. The lowest BCUT2D eigenvalue weighted by Gasteiger charge is -1.97. The first-order valence-corrected chi connectivity index (χ1v) is 7.32. The Morgan fingerprint density at radius 1 is 1.29 bits per heavy atom. The van der Waals surface area contributed by atoms with Crippen LogP contribution in [0.3, 0.4) is 0 Å². The second kappa shape index (κ2) is 5.78. The highest BCUT2D eigenvalue weighted by atomic mass is 32.1. The van der Waals surface area contributed by atoms with Crippen molar-refractivity contribution in [3.63, 3.8) is 0 Å². The zero-order valence-corrected chi connectivity index (χ0v) is 12.2. The van der Waals surface area contributed by atoms with E-state index in [2.05, 4.69) is 30.1 Å². The Hall–Kier alpha value is -2.64. The summed E-state index contributed by atoms with van der Waals surface area (Å²) in [6.45, 7) is 2.05. The highest BCUT2D eigenvalue weighted by Crippen LogP contribution is 2.27. The number of hydrogen-bond donors (Lipinski definition) is 0. The number of furan rings is 1. The van der Waals surface area contributed by atoms with Crippen molar-refractivity contribution in [3.05, 3.63) is 64.4 Å². The molecule has 4 heteroatoms. The van der Waals surface area contributed by atoms with Crippen LogP contribution in [0.25, 0.3) is 22.9 Å². The number of allylic oxidation sites excluding steroid dienone is 1. The van der Waals surface area contributed by atoms with E-state index in [1.807, 2.05) is 23.6 Å². The van der Waals surface area contributed by atoms with E-state index in [0.717, 1.165) is 11.3 Å². The molecule has 0 atom stereocenters. The maximum Gasteiger partial charge on any atom is 0.134 e. The molecule has 21 heavy (non-hydrogen) atoms. The number of benzene rings is 1. The molecule has 0 fully saturated rings. The van der Waals surface area contributed by atoms with E-state index in [4.69, 9.17) is 4.42 Å². The molecule has 0 saturated heterocycles. The molecule has 0 unspecified atom stereocenters. The topological polar surface area (TPSA) is 49.8 Å². The van der Waals surface area contributed by atoms with Gasteiger partial charge in [-0.2, -0.15) is 5.26 Å². The Balaban J connectivity index is 1.94. The van der Waals surface area contributed by atoms with E-state index in [0.29, 0.717) is 16.3 Å². The molecule has 0 aliphatic heterocycles. The van der Waals surface area contributed by atoms with Gasteiger partial charge in [0.1, 0.15) is 16.8 Å². The molecule has 0 saturated carbocycles. The van der Waals surface area contributed by atoms with Crippen molar-refractivity contribution < 1.29 is 4.42 Å². The lowest BCUT2D eigenvalue weighted by molar-refractivity contribution is 0.557. The lowest BCUT2D eigenvalue weighted by atomic mass is 10.1. The summed E-state index contributed by atoms with van der Waals surface area (Å²) in [6, 6.07) is 14.0. The van der Waals surface area contributed by atoms with Gasteiger partial charge >= 0.3 is 0 Å². The van der Waals surface area contributed by atoms with Crippen molar-refractivity contribution in [2.24, 2.45) is 0 Å². The minimum Gasteiger partial charge on any atom is -0.465 e. The number of hydrogen-bond acceptors (Lipinski definition) is 4. The summed E-state index contributed by atoms with van der Waals surface area (Å²) >= 11 is 1.46. The molecular weight excluding hydrogens is 280 g/mol. The van der Waals surface area contributed by atoms with E-state index < -0.39 is 0 Å². The van der Waals surface area contributed by atoms with Gasteiger partial charge in [-0.15, -0.1) is 11.3 Å². The van der Waals surface area contributed by atoms with Crippen LogP contribution in [0.5, 0.6) is 0 Å². The lowest BCUT2D eigenvalue weighted by Crippen LogP contribution is -1.82. The first-order chi connectivity index (χ1) is 10.3. The Labute approximate surface area is 126 Å². The van der Waals surface area contributed by atoms with Gasteiger partial charge in [-0.25, -0.2) is 4.98 Å². The quantitative estimate of drug-likeness (QED) is 0.653. The predicted octanol–water partition coefficient (Wildman–Crippen LogP) is 4.78. The van der Waals surface area contributed by atoms with Crippen LogP contribution < -0.4 is 0 Å². The highest BCUT2D eigenvalue weighted by Gasteiger charge is 2.09. The van der Waals surface area contributed by atoms with Crippen LogP contribution >= 0.6 is 11.3 Å². The van der Waals surface area contributed by atoms with Gasteiger partial charge in [-0.3, -0.25) is 0 Å². The maximum absolute atomic E-state index is 9.30. The molecule has 2 heterocycles. The normalized spacial score (nSPS) is 11.3. The van der Waals surface area contributed by atoms with Crippen LogP contribution in [0.1, 0.15) is 16.3 Å². The maximum atomic E-state index is 9.30. The third kappa shape index (κ3) is 2.93. The van der Waals surface area contributed by atoms with Crippen molar-refractivity contribution in [2.75, 3.05) is 0 Å². The van der Waals surface area contributed by atoms with Crippen LogP contribution in [0.15, 0.2) is 52.5 Å². The molecule has 0 bridgehead atoms. The molecule has 102 valence electrons. The minimum absolute atomic E-state index is 0.508. The molecule has 0 spiro atoms. The average Bonchev–Trinajstić information content (AvgIpc) is 3.17. The average molecular weight is 292 g/mol. The first-order valence-electron chi connectivity index (χ1n) is 6.44. The largest absolute Gasteiger partial charge is 0.465 e. The van der Waals surface area contributed by atoms with Crippen LogP contribution in [-0.4, -0.2) is 4.98 Å². The third-order valence-electron chi connectivity index (χ3n) is 3.03. The van der Waals surface area contributed by atoms with E-state index >= 15 is 0 Å². The zero-order chi connectivity index (χ0) is 14.7. The van der Waals surface area contributed by atoms with Gasteiger partial charge in [0.2, 0.25) is 0 Å². The number of rotatable bonds is 3. The summed E-state index contributed by atoms with van der Waals surface area (Å²) < 4.78 is 5.24. The number of aryl methyl sites for hydroxylation is 1. The fourth-order valence-electron chi connectivity index (χ4n) is 1.91. The summed E-state index contributed by atoms with van der Waals surface area (Å²) in [5, 5.41) is 12.0. The molecule has 0 aliphatic rings. The summed E-state index contributed by atoms with van der Waals surface area (Å²) in [7, 11) is 0. The van der Waals surface area contributed by atoms with E-state index in [9.17, 15) is 5.26 Å². The second-order valence-electron chi connectivity index (χ2n) is 4.59. The standard InChI is InChI=1S/C17H12N2OS/c1-12-4-6-13(7-5-12)16-11-21-17(19-16)14(10-18)9-15-3-2-8-20-15/h2-9,11H,1H3. The number of nitrogens with zero attached hydrogens (tertiary/aromatic N) is 2. The van der Waals surface area contributed by atoms with Gasteiger partial charge in [0.25, 0.3) is 0 Å². The summed E-state index contributed by atoms with van der Waals surface area (Å²) in [5.41, 5.74) is 3.66. The minimum atomic E-state index is 0.508. The first kappa shape index (κ1) is 13.3. The Kier molecular flexibility index (Phi) is 3.67. The van der Waals surface area contributed by atoms with E-state index in [1.165, 1.54) is 16.9 Å². The predicted molar refractivity (Wildman–Crippen MR) is 84.5 cm³/mol. The SMILES string of the molecule is Cc1ccc(-c2csc(C(C#N)=Cc3ccco3)n2)cc1. The third-order valence-corrected chi connectivity index (χ3v) is 3.91. The van der Waals surface area contributed by atoms with E-state index in [1.54, 1.807) is 18.4 Å². The van der Waals surface area contributed by atoms with Crippen LogP contribution in [0.4, 0.5) is 0 Å².